The number of nitrogens with one attached hydrogen (secondary N) is 2. The molecule has 0 spiro atoms. The Kier molecular flexibility index (Phi) is 8.71. The van der Waals surface area contributed by atoms with E-state index in [9.17, 15) is 0 Å². The third kappa shape index (κ3) is 6.70. The van der Waals surface area contributed by atoms with E-state index in [0.717, 1.165) is 69.1 Å². The molecule has 1 rings (SSSR count). The lowest BCUT2D eigenvalue weighted by Gasteiger charge is -2.10. The summed E-state index contributed by atoms with van der Waals surface area (Å²) in [5.74, 6) is 2.70. The highest BCUT2D eigenvalue weighted by molar-refractivity contribution is 5.47. The molecule has 1 aromatic rings. The highest BCUT2D eigenvalue weighted by Gasteiger charge is 2.03. The maximum Gasteiger partial charge on any atom is 0.133 e. The first-order valence-electron chi connectivity index (χ1n) is 7.76. The van der Waals surface area contributed by atoms with E-state index in [1.54, 1.807) is 0 Å². The minimum Gasteiger partial charge on any atom is -0.396 e. The predicted molar refractivity (Wildman–Crippen MR) is 84.2 cm³/mol. The summed E-state index contributed by atoms with van der Waals surface area (Å²) in [5.41, 5.74) is 0. The average molecular weight is 280 g/mol. The fourth-order valence-corrected chi connectivity index (χ4v) is 2.00. The third-order valence-corrected chi connectivity index (χ3v) is 2.99. The van der Waals surface area contributed by atoms with Gasteiger partial charge < -0.3 is 15.7 Å². The zero-order valence-corrected chi connectivity index (χ0v) is 12.8. The molecule has 3 N–H and O–H groups in total. The SMILES string of the molecule is CCCc1nc(NCC)cc(NCCCCCCO)n1. The van der Waals surface area contributed by atoms with E-state index < -0.39 is 0 Å². The van der Waals surface area contributed by atoms with Crippen LogP contribution in [0.4, 0.5) is 11.6 Å². The molecule has 1 aromatic heterocycles. The van der Waals surface area contributed by atoms with Crippen molar-refractivity contribution in [2.24, 2.45) is 0 Å². The number of hydrogen-bond acceptors (Lipinski definition) is 5. The molecular formula is C15H28N4O. The third-order valence-electron chi connectivity index (χ3n) is 2.99. The van der Waals surface area contributed by atoms with E-state index in [1.165, 1.54) is 0 Å². The second-order valence-electron chi connectivity index (χ2n) is 4.90. The molecule has 0 amide bonds. The standard InChI is InChI=1S/C15H28N4O/c1-3-9-13-18-14(16-4-2)12-15(19-13)17-10-7-5-6-8-11-20/h12,20H,3-11H2,1-2H3,(H2,16,17,18,19). The zero-order chi connectivity index (χ0) is 14.6. The highest BCUT2D eigenvalue weighted by Crippen LogP contribution is 2.12. The molecular weight excluding hydrogens is 252 g/mol. The molecule has 0 saturated carbocycles. The van der Waals surface area contributed by atoms with Crippen LogP contribution in [0.25, 0.3) is 0 Å². The zero-order valence-electron chi connectivity index (χ0n) is 12.8. The number of anilines is 2. The van der Waals surface area contributed by atoms with Crippen LogP contribution in [-0.2, 0) is 6.42 Å². The number of unbranched alkanes of at least 4 members (excludes halogenated alkanes) is 3. The molecule has 0 radical (unpaired) electrons. The molecule has 0 aromatic carbocycles. The Balaban J connectivity index is 2.46. The first-order valence-corrected chi connectivity index (χ1v) is 7.76. The summed E-state index contributed by atoms with van der Waals surface area (Å²) in [6, 6.07) is 1.97. The predicted octanol–water partition coefficient (Wildman–Crippen LogP) is 2.83. The number of aliphatic hydroxyl groups excluding tert-OH is 1. The molecule has 0 atom stereocenters. The number of nitrogens with zero attached hydrogens (tertiary/aromatic N) is 2. The van der Waals surface area contributed by atoms with Gasteiger partial charge >= 0.3 is 0 Å². The molecule has 20 heavy (non-hydrogen) atoms. The lowest BCUT2D eigenvalue weighted by Crippen LogP contribution is -2.09. The van der Waals surface area contributed by atoms with Crippen LogP contribution in [0.5, 0.6) is 0 Å². The van der Waals surface area contributed by atoms with Crippen molar-refractivity contribution in [2.75, 3.05) is 30.3 Å². The Hall–Kier alpha value is -1.36. The minimum atomic E-state index is 0.297. The summed E-state index contributed by atoms with van der Waals surface area (Å²) in [7, 11) is 0. The van der Waals surface area contributed by atoms with Gasteiger partial charge in [0.1, 0.15) is 17.5 Å². The van der Waals surface area contributed by atoms with Crippen LogP contribution >= 0.6 is 0 Å². The monoisotopic (exact) mass is 280 g/mol. The summed E-state index contributed by atoms with van der Waals surface area (Å²) in [5, 5.41) is 15.3. The molecule has 0 saturated heterocycles. The van der Waals surface area contributed by atoms with E-state index in [2.05, 4.69) is 34.4 Å². The molecule has 0 aliphatic carbocycles. The number of rotatable bonds is 11. The highest BCUT2D eigenvalue weighted by atomic mass is 16.2. The Morgan fingerprint density at radius 3 is 2.35 bits per heavy atom. The van der Waals surface area contributed by atoms with Crippen molar-refractivity contribution in [3.05, 3.63) is 11.9 Å². The molecule has 114 valence electrons. The van der Waals surface area contributed by atoms with Crippen molar-refractivity contribution in [1.82, 2.24) is 9.97 Å². The molecule has 1 heterocycles. The van der Waals surface area contributed by atoms with Crippen molar-refractivity contribution in [1.29, 1.82) is 0 Å². The van der Waals surface area contributed by atoms with E-state index in [0.29, 0.717) is 6.61 Å². The van der Waals surface area contributed by atoms with Gasteiger partial charge in [0.15, 0.2) is 0 Å². The van der Waals surface area contributed by atoms with Gasteiger partial charge in [0.2, 0.25) is 0 Å². The Morgan fingerprint density at radius 2 is 1.70 bits per heavy atom. The fraction of sp³-hybridized carbons (Fsp3) is 0.733. The Labute approximate surface area is 122 Å². The summed E-state index contributed by atoms with van der Waals surface area (Å²) in [4.78, 5) is 9.03. The molecule has 0 fully saturated rings. The van der Waals surface area contributed by atoms with Crippen LogP contribution in [-0.4, -0.2) is 34.8 Å². The van der Waals surface area contributed by atoms with Crippen molar-refractivity contribution >= 4 is 11.6 Å². The van der Waals surface area contributed by atoms with Gasteiger partial charge in [-0.15, -0.1) is 0 Å². The summed E-state index contributed by atoms with van der Waals surface area (Å²) < 4.78 is 0. The van der Waals surface area contributed by atoms with E-state index >= 15 is 0 Å². The van der Waals surface area contributed by atoms with Gasteiger partial charge in [-0.05, 0) is 26.2 Å². The molecule has 0 aliphatic rings. The first kappa shape index (κ1) is 16.7. The van der Waals surface area contributed by atoms with Gasteiger partial charge in [0.05, 0.1) is 0 Å². The van der Waals surface area contributed by atoms with Crippen molar-refractivity contribution in [3.8, 4) is 0 Å². The van der Waals surface area contributed by atoms with Crippen LogP contribution in [0.3, 0.4) is 0 Å². The van der Waals surface area contributed by atoms with Crippen LogP contribution in [0, 0.1) is 0 Å². The molecule has 0 bridgehead atoms. The molecule has 5 nitrogen and oxygen atoms in total. The summed E-state index contributed by atoms with van der Waals surface area (Å²) >= 11 is 0. The normalized spacial score (nSPS) is 10.6. The topological polar surface area (TPSA) is 70.1 Å². The van der Waals surface area contributed by atoms with Crippen molar-refractivity contribution in [2.45, 2.75) is 52.4 Å². The second-order valence-corrected chi connectivity index (χ2v) is 4.90. The minimum absolute atomic E-state index is 0.297. The van der Waals surface area contributed by atoms with E-state index in [-0.39, 0.29) is 0 Å². The van der Waals surface area contributed by atoms with E-state index in [4.69, 9.17) is 5.11 Å². The van der Waals surface area contributed by atoms with Crippen molar-refractivity contribution in [3.63, 3.8) is 0 Å². The smallest absolute Gasteiger partial charge is 0.133 e. The molecule has 0 unspecified atom stereocenters. The van der Waals surface area contributed by atoms with Crippen LogP contribution < -0.4 is 10.6 Å². The van der Waals surface area contributed by atoms with Gasteiger partial charge in [-0.25, -0.2) is 9.97 Å². The van der Waals surface area contributed by atoms with Gasteiger partial charge in [-0.1, -0.05) is 19.8 Å². The van der Waals surface area contributed by atoms with Gasteiger partial charge in [-0.3, -0.25) is 0 Å². The molecule has 0 aliphatic heterocycles. The summed E-state index contributed by atoms with van der Waals surface area (Å²) in [6.45, 7) is 6.28. The Morgan fingerprint density at radius 1 is 1.00 bits per heavy atom. The first-order chi connectivity index (χ1) is 9.80. The van der Waals surface area contributed by atoms with Gasteiger partial charge in [0.25, 0.3) is 0 Å². The van der Waals surface area contributed by atoms with Crippen LogP contribution in [0.2, 0.25) is 0 Å². The van der Waals surface area contributed by atoms with Crippen molar-refractivity contribution < 1.29 is 5.11 Å². The fourth-order valence-electron chi connectivity index (χ4n) is 2.00. The number of aromatic nitrogens is 2. The molecule has 5 heteroatoms. The largest absolute Gasteiger partial charge is 0.396 e. The van der Waals surface area contributed by atoms with Crippen LogP contribution in [0.15, 0.2) is 6.07 Å². The second kappa shape index (κ2) is 10.4. The quantitative estimate of drug-likeness (QED) is 0.544. The van der Waals surface area contributed by atoms with E-state index in [1.807, 2.05) is 6.07 Å². The van der Waals surface area contributed by atoms with Crippen LogP contribution in [0.1, 0.15) is 51.8 Å². The number of aliphatic hydroxyl groups is 1. The van der Waals surface area contributed by atoms with Gasteiger partial charge in [0, 0.05) is 32.2 Å². The average Bonchev–Trinajstić information content (AvgIpc) is 2.43. The number of aryl methyl sites for hydroxylation is 1. The number of hydrogen-bond donors (Lipinski definition) is 3. The Bertz CT molecular complexity index is 347. The lowest BCUT2D eigenvalue weighted by atomic mass is 10.2. The maximum atomic E-state index is 8.72. The summed E-state index contributed by atoms with van der Waals surface area (Å²) in [6.07, 6.45) is 6.19. The lowest BCUT2D eigenvalue weighted by molar-refractivity contribution is 0.283. The maximum absolute atomic E-state index is 8.72. The van der Waals surface area contributed by atoms with Gasteiger partial charge in [-0.2, -0.15) is 0 Å².